The summed E-state index contributed by atoms with van der Waals surface area (Å²) in [6, 6.07) is 9.91. The molecule has 1 amide bonds. The molecule has 1 aliphatic carbocycles. The largest absolute Gasteiger partial charge is 0.409 e. The summed E-state index contributed by atoms with van der Waals surface area (Å²) in [6.07, 6.45) is -0.0566. The fourth-order valence-corrected chi connectivity index (χ4v) is 4.76. The van der Waals surface area contributed by atoms with Crippen molar-refractivity contribution in [3.63, 3.8) is 0 Å². The minimum atomic E-state index is -2.01. The average molecular weight is 378 g/mol. The van der Waals surface area contributed by atoms with Crippen LogP contribution in [0, 0.1) is 0 Å². The Bertz CT molecular complexity index is 643. The SMILES string of the molecule is CC(=O)N[C@@H]1C[C@H]2O[C@@H](c3ccccc3)O[C@H]2[C@H]1O[Si](C)(C)C(C)(C)C. The number of carbonyl (C=O) groups is 1. The zero-order valence-corrected chi connectivity index (χ0v) is 17.6. The van der Waals surface area contributed by atoms with Gasteiger partial charge >= 0.3 is 0 Å². The second kappa shape index (κ2) is 7.07. The molecule has 5 nitrogen and oxygen atoms in total. The van der Waals surface area contributed by atoms with E-state index in [9.17, 15) is 4.79 Å². The Morgan fingerprint density at radius 1 is 1.19 bits per heavy atom. The van der Waals surface area contributed by atoms with Gasteiger partial charge in [0.25, 0.3) is 0 Å². The van der Waals surface area contributed by atoms with Crippen molar-refractivity contribution in [3.05, 3.63) is 35.9 Å². The summed E-state index contributed by atoms with van der Waals surface area (Å²) in [6.45, 7) is 12.7. The van der Waals surface area contributed by atoms with Crippen molar-refractivity contribution in [2.24, 2.45) is 0 Å². The minimum Gasteiger partial charge on any atom is -0.409 e. The Kier molecular flexibility index (Phi) is 5.32. The lowest BCUT2D eigenvalue weighted by Gasteiger charge is -2.41. The first-order valence-electron chi connectivity index (χ1n) is 9.39. The van der Waals surface area contributed by atoms with Crippen LogP contribution in [0.1, 0.15) is 46.0 Å². The van der Waals surface area contributed by atoms with Crippen LogP contribution in [0.15, 0.2) is 30.3 Å². The van der Waals surface area contributed by atoms with Gasteiger partial charge in [-0.1, -0.05) is 51.1 Å². The first kappa shape index (κ1) is 19.5. The molecule has 26 heavy (non-hydrogen) atoms. The molecule has 0 bridgehead atoms. The average Bonchev–Trinajstić information content (AvgIpc) is 3.06. The van der Waals surface area contributed by atoms with Gasteiger partial charge in [0.2, 0.25) is 5.91 Å². The maximum atomic E-state index is 11.7. The molecule has 144 valence electrons. The summed E-state index contributed by atoms with van der Waals surface area (Å²) in [4.78, 5) is 11.7. The fourth-order valence-electron chi connectivity index (χ4n) is 3.43. The Morgan fingerprint density at radius 2 is 1.85 bits per heavy atom. The smallest absolute Gasteiger partial charge is 0.217 e. The molecule has 1 aromatic rings. The van der Waals surface area contributed by atoms with E-state index in [1.54, 1.807) is 6.92 Å². The number of fused-ring (bicyclic) bond motifs is 1. The van der Waals surface area contributed by atoms with E-state index in [0.29, 0.717) is 6.42 Å². The van der Waals surface area contributed by atoms with Crippen LogP contribution in [-0.4, -0.2) is 38.6 Å². The molecule has 6 heteroatoms. The van der Waals surface area contributed by atoms with E-state index in [1.165, 1.54) is 0 Å². The van der Waals surface area contributed by atoms with E-state index in [2.05, 4.69) is 39.2 Å². The molecule has 2 fully saturated rings. The van der Waals surface area contributed by atoms with Crippen molar-refractivity contribution < 1.29 is 18.7 Å². The van der Waals surface area contributed by atoms with Gasteiger partial charge in [-0.05, 0) is 24.6 Å². The van der Waals surface area contributed by atoms with Gasteiger partial charge in [0, 0.05) is 12.5 Å². The van der Waals surface area contributed by atoms with E-state index >= 15 is 0 Å². The molecule has 3 rings (SSSR count). The number of nitrogens with one attached hydrogen (secondary N) is 1. The summed E-state index contributed by atoms with van der Waals surface area (Å²) in [7, 11) is -2.01. The van der Waals surface area contributed by atoms with E-state index < -0.39 is 8.32 Å². The highest BCUT2D eigenvalue weighted by Crippen LogP contribution is 2.45. The van der Waals surface area contributed by atoms with Crippen LogP contribution >= 0.6 is 0 Å². The standard InChI is InChI=1S/C20H31NO4Si/c1-13(22)21-15-12-16-18(17(15)25-26(5,6)20(2,3)4)24-19(23-16)14-10-8-7-9-11-14/h7-11,15-19H,12H2,1-6H3,(H,21,22)/t15-,16-,17+,18-,19-/m1/s1. The molecule has 5 atom stereocenters. The normalized spacial score (nSPS) is 31.7. The third kappa shape index (κ3) is 3.88. The van der Waals surface area contributed by atoms with Crippen LogP contribution in [0.5, 0.6) is 0 Å². The number of benzene rings is 1. The molecule has 1 saturated heterocycles. The van der Waals surface area contributed by atoms with Gasteiger partial charge in [0.1, 0.15) is 6.10 Å². The first-order chi connectivity index (χ1) is 12.1. The summed E-state index contributed by atoms with van der Waals surface area (Å²) < 4.78 is 19.1. The van der Waals surface area contributed by atoms with Gasteiger partial charge in [-0.25, -0.2) is 0 Å². The van der Waals surface area contributed by atoms with E-state index in [1.807, 2.05) is 30.3 Å². The van der Waals surface area contributed by atoms with Crippen LogP contribution in [0.4, 0.5) is 0 Å². The highest BCUT2D eigenvalue weighted by molar-refractivity contribution is 6.74. The third-order valence-corrected chi connectivity index (χ3v) is 10.3. The van der Waals surface area contributed by atoms with E-state index in [4.69, 9.17) is 13.9 Å². The van der Waals surface area contributed by atoms with Gasteiger partial charge in [-0.3, -0.25) is 4.79 Å². The summed E-state index contributed by atoms with van der Waals surface area (Å²) in [5, 5.41) is 3.13. The molecule has 1 saturated carbocycles. The highest BCUT2D eigenvalue weighted by atomic mass is 28.4. The quantitative estimate of drug-likeness (QED) is 0.812. The second-order valence-electron chi connectivity index (χ2n) is 8.90. The summed E-state index contributed by atoms with van der Waals surface area (Å²) in [5.74, 6) is -0.0431. The van der Waals surface area contributed by atoms with Crippen LogP contribution in [0.3, 0.4) is 0 Å². The molecule has 1 aliphatic heterocycles. The molecular weight excluding hydrogens is 346 g/mol. The molecule has 1 heterocycles. The zero-order chi connectivity index (χ0) is 19.1. The molecule has 1 N–H and O–H groups in total. The van der Waals surface area contributed by atoms with Gasteiger partial charge in [0.05, 0.1) is 18.2 Å². The predicted octanol–water partition coefficient (Wildman–Crippen LogP) is 3.77. The number of rotatable bonds is 4. The minimum absolute atomic E-state index is 0.0431. The molecule has 2 aliphatic rings. The van der Waals surface area contributed by atoms with Crippen LogP contribution in [0.2, 0.25) is 18.1 Å². The number of carbonyl (C=O) groups excluding carboxylic acids is 1. The van der Waals surface area contributed by atoms with E-state index in [0.717, 1.165) is 5.56 Å². The molecule has 0 spiro atoms. The van der Waals surface area contributed by atoms with Gasteiger partial charge < -0.3 is 19.2 Å². The van der Waals surface area contributed by atoms with Crippen LogP contribution in [0.25, 0.3) is 0 Å². The predicted molar refractivity (Wildman–Crippen MR) is 103 cm³/mol. The van der Waals surface area contributed by atoms with Gasteiger partial charge in [0.15, 0.2) is 14.6 Å². The maximum Gasteiger partial charge on any atom is 0.217 e. The third-order valence-electron chi connectivity index (χ3n) is 5.85. The summed E-state index contributed by atoms with van der Waals surface area (Å²) in [5.41, 5.74) is 1.02. The van der Waals surface area contributed by atoms with Crippen molar-refractivity contribution in [3.8, 4) is 0 Å². The van der Waals surface area contributed by atoms with Crippen molar-refractivity contribution in [2.75, 3.05) is 0 Å². The van der Waals surface area contributed by atoms with Crippen molar-refractivity contribution >= 4 is 14.2 Å². The van der Waals surface area contributed by atoms with E-state index in [-0.39, 0.29) is 41.6 Å². The molecule has 0 unspecified atom stereocenters. The van der Waals surface area contributed by atoms with Crippen molar-refractivity contribution in [2.45, 2.75) is 82.9 Å². The fraction of sp³-hybridized carbons (Fsp3) is 0.650. The second-order valence-corrected chi connectivity index (χ2v) is 13.7. The number of ether oxygens (including phenoxy) is 2. The number of hydrogen-bond donors (Lipinski definition) is 1. The molecular formula is C20H31NO4Si. The number of hydrogen-bond acceptors (Lipinski definition) is 4. The lowest BCUT2D eigenvalue weighted by molar-refractivity contribution is -0.122. The zero-order valence-electron chi connectivity index (χ0n) is 16.6. The van der Waals surface area contributed by atoms with Gasteiger partial charge in [-0.15, -0.1) is 0 Å². The van der Waals surface area contributed by atoms with Gasteiger partial charge in [-0.2, -0.15) is 0 Å². The Balaban J connectivity index is 1.80. The highest BCUT2D eigenvalue weighted by Gasteiger charge is 2.54. The molecule has 1 aromatic carbocycles. The van der Waals surface area contributed by atoms with Crippen LogP contribution in [-0.2, 0) is 18.7 Å². The summed E-state index contributed by atoms with van der Waals surface area (Å²) >= 11 is 0. The maximum absolute atomic E-state index is 11.7. The Morgan fingerprint density at radius 3 is 2.42 bits per heavy atom. The molecule has 0 radical (unpaired) electrons. The monoisotopic (exact) mass is 377 g/mol. The Hall–Kier alpha value is -1.21. The lowest BCUT2D eigenvalue weighted by Crippen LogP contribution is -2.52. The first-order valence-corrected chi connectivity index (χ1v) is 12.3. The van der Waals surface area contributed by atoms with Crippen molar-refractivity contribution in [1.29, 1.82) is 0 Å². The van der Waals surface area contributed by atoms with Crippen molar-refractivity contribution in [1.82, 2.24) is 5.32 Å². The lowest BCUT2D eigenvalue weighted by atomic mass is 10.2. The number of amides is 1. The van der Waals surface area contributed by atoms with Crippen LogP contribution < -0.4 is 5.32 Å². The molecule has 0 aromatic heterocycles. The Labute approximate surface area is 157 Å². The topological polar surface area (TPSA) is 56.8 Å².